The summed E-state index contributed by atoms with van der Waals surface area (Å²) in [6.45, 7) is 3.41. The van der Waals surface area contributed by atoms with Crippen molar-refractivity contribution < 1.29 is 4.79 Å². The van der Waals surface area contributed by atoms with Gasteiger partial charge in [0.15, 0.2) is 0 Å². The van der Waals surface area contributed by atoms with Crippen molar-refractivity contribution in [1.29, 1.82) is 0 Å². The van der Waals surface area contributed by atoms with Gasteiger partial charge in [0.2, 0.25) is 5.91 Å². The van der Waals surface area contributed by atoms with Crippen LogP contribution in [0.3, 0.4) is 0 Å². The molecule has 20 heavy (non-hydrogen) atoms. The highest BCUT2D eigenvalue weighted by Gasteiger charge is 2.35. The molecular weight excluding hydrogens is 248 g/mol. The molecule has 0 aliphatic heterocycles. The van der Waals surface area contributed by atoms with Crippen molar-refractivity contribution in [2.45, 2.75) is 44.4 Å². The summed E-state index contributed by atoms with van der Waals surface area (Å²) < 4.78 is 0. The van der Waals surface area contributed by atoms with Gasteiger partial charge in [-0.2, -0.15) is 0 Å². The maximum Gasteiger partial charge on any atom is 0.231 e. The van der Waals surface area contributed by atoms with Crippen LogP contribution in [0.25, 0.3) is 0 Å². The number of aryl methyl sites for hydroxylation is 1. The number of rotatable bonds is 6. The molecule has 3 heteroatoms. The highest BCUT2D eigenvalue weighted by molar-refractivity contribution is 5.75. The highest BCUT2D eigenvalue weighted by Crippen LogP contribution is 2.43. The first-order valence-corrected chi connectivity index (χ1v) is 7.56. The number of benzene rings is 1. The Bertz CT molecular complexity index is 447. The Labute approximate surface area is 122 Å². The standard InChI is InChI=1S/C17H26N2O/c1-14-5-7-15(8-6-14)17(9-3-4-10-17)11-12-19(2)13-16(18)20/h5-8H,3-4,9-13H2,1-2H3,(H2,18,20). The van der Waals surface area contributed by atoms with Gasteiger partial charge in [0, 0.05) is 0 Å². The fourth-order valence-corrected chi connectivity index (χ4v) is 3.39. The van der Waals surface area contributed by atoms with Gasteiger partial charge in [-0.3, -0.25) is 9.69 Å². The number of primary amides is 1. The third-order valence-corrected chi connectivity index (χ3v) is 4.62. The SMILES string of the molecule is Cc1ccc(C2(CCN(C)CC(N)=O)CCCC2)cc1. The molecule has 0 unspecified atom stereocenters. The van der Waals surface area contributed by atoms with E-state index in [1.54, 1.807) is 0 Å². The molecule has 110 valence electrons. The zero-order valence-electron chi connectivity index (χ0n) is 12.7. The van der Waals surface area contributed by atoms with Crippen LogP contribution in [0.4, 0.5) is 0 Å². The van der Waals surface area contributed by atoms with Crippen molar-refractivity contribution >= 4 is 5.91 Å². The molecule has 1 aliphatic carbocycles. The normalized spacial score (nSPS) is 17.6. The van der Waals surface area contributed by atoms with Crippen molar-refractivity contribution in [1.82, 2.24) is 4.90 Å². The number of likely N-dealkylation sites (N-methyl/N-ethyl adjacent to an activating group) is 1. The Balaban J connectivity index is 2.06. The van der Waals surface area contributed by atoms with Crippen LogP contribution in [0.15, 0.2) is 24.3 Å². The van der Waals surface area contributed by atoms with Crippen molar-refractivity contribution in [3.05, 3.63) is 35.4 Å². The molecule has 1 saturated carbocycles. The van der Waals surface area contributed by atoms with Gasteiger partial charge < -0.3 is 5.73 Å². The molecular formula is C17H26N2O. The minimum Gasteiger partial charge on any atom is -0.369 e. The van der Waals surface area contributed by atoms with Gasteiger partial charge in [0.25, 0.3) is 0 Å². The van der Waals surface area contributed by atoms with Gasteiger partial charge in [-0.25, -0.2) is 0 Å². The molecule has 1 aliphatic rings. The molecule has 3 nitrogen and oxygen atoms in total. The fraction of sp³-hybridized carbons (Fsp3) is 0.588. The van der Waals surface area contributed by atoms with Crippen molar-refractivity contribution in [2.24, 2.45) is 5.73 Å². The van der Waals surface area contributed by atoms with E-state index >= 15 is 0 Å². The van der Waals surface area contributed by atoms with E-state index in [1.165, 1.54) is 36.8 Å². The van der Waals surface area contributed by atoms with Crippen LogP contribution in [0.2, 0.25) is 0 Å². The summed E-state index contributed by atoms with van der Waals surface area (Å²) in [6.07, 6.45) is 6.27. The zero-order valence-corrected chi connectivity index (χ0v) is 12.7. The van der Waals surface area contributed by atoms with E-state index in [0.29, 0.717) is 12.0 Å². The lowest BCUT2D eigenvalue weighted by molar-refractivity contribution is -0.118. The molecule has 0 atom stereocenters. The highest BCUT2D eigenvalue weighted by atomic mass is 16.1. The average Bonchev–Trinajstić information content (AvgIpc) is 2.86. The van der Waals surface area contributed by atoms with Gasteiger partial charge in [-0.1, -0.05) is 42.7 Å². The predicted octanol–water partition coefficient (Wildman–Crippen LogP) is 2.61. The molecule has 2 rings (SSSR count). The number of hydrogen-bond acceptors (Lipinski definition) is 2. The maximum absolute atomic E-state index is 11.0. The Morgan fingerprint density at radius 2 is 1.85 bits per heavy atom. The van der Waals surface area contributed by atoms with E-state index in [0.717, 1.165) is 13.0 Å². The monoisotopic (exact) mass is 274 g/mol. The number of hydrogen-bond donors (Lipinski definition) is 1. The number of carbonyl (C=O) groups is 1. The summed E-state index contributed by atoms with van der Waals surface area (Å²) in [7, 11) is 1.97. The van der Waals surface area contributed by atoms with Gasteiger partial charge in [-0.15, -0.1) is 0 Å². The second kappa shape index (κ2) is 6.40. The Kier molecular flexibility index (Phi) is 4.81. The number of nitrogens with two attached hydrogens (primary N) is 1. The molecule has 0 radical (unpaired) electrons. The summed E-state index contributed by atoms with van der Waals surface area (Å²) in [6, 6.07) is 8.99. The first-order valence-electron chi connectivity index (χ1n) is 7.56. The van der Waals surface area contributed by atoms with Crippen LogP contribution < -0.4 is 5.73 Å². The Morgan fingerprint density at radius 3 is 2.40 bits per heavy atom. The van der Waals surface area contributed by atoms with E-state index in [4.69, 9.17) is 5.73 Å². The molecule has 2 N–H and O–H groups in total. The number of nitrogens with zero attached hydrogens (tertiary/aromatic N) is 1. The summed E-state index contributed by atoms with van der Waals surface area (Å²) in [5.41, 5.74) is 8.34. The van der Waals surface area contributed by atoms with Crippen LogP contribution in [0.5, 0.6) is 0 Å². The summed E-state index contributed by atoms with van der Waals surface area (Å²) in [4.78, 5) is 13.0. The Hall–Kier alpha value is -1.35. The van der Waals surface area contributed by atoms with E-state index in [9.17, 15) is 4.79 Å². The third kappa shape index (κ3) is 3.60. The first-order chi connectivity index (χ1) is 9.52. The summed E-state index contributed by atoms with van der Waals surface area (Å²) in [5, 5.41) is 0. The fourth-order valence-electron chi connectivity index (χ4n) is 3.39. The second-order valence-corrected chi connectivity index (χ2v) is 6.31. The van der Waals surface area contributed by atoms with Crippen molar-refractivity contribution in [2.75, 3.05) is 20.1 Å². The van der Waals surface area contributed by atoms with Gasteiger partial charge >= 0.3 is 0 Å². The van der Waals surface area contributed by atoms with Crippen LogP contribution in [0, 0.1) is 6.92 Å². The molecule has 0 saturated heterocycles. The predicted molar refractivity (Wildman–Crippen MR) is 82.6 cm³/mol. The van der Waals surface area contributed by atoms with Gasteiger partial charge in [0.05, 0.1) is 6.54 Å². The quantitative estimate of drug-likeness (QED) is 0.866. The third-order valence-electron chi connectivity index (χ3n) is 4.62. The zero-order chi connectivity index (χ0) is 14.6. The molecule has 0 bridgehead atoms. The molecule has 0 heterocycles. The maximum atomic E-state index is 11.0. The van der Waals surface area contributed by atoms with Gasteiger partial charge in [-0.05, 0) is 50.8 Å². The molecule has 1 fully saturated rings. The number of amides is 1. The van der Waals surface area contributed by atoms with Crippen LogP contribution in [-0.4, -0.2) is 30.9 Å². The van der Waals surface area contributed by atoms with Crippen LogP contribution >= 0.6 is 0 Å². The van der Waals surface area contributed by atoms with Crippen LogP contribution in [-0.2, 0) is 10.2 Å². The summed E-state index contributed by atoms with van der Waals surface area (Å²) in [5.74, 6) is -0.247. The molecule has 1 amide bonds. The lowest BCUT2D eigenvalue weighted by Gasteiger charge is -2.31. The molecule has 0 aromatic heterocycles. The van der Waals surface area contributed by atoms with Crippen molar-refractivity contribution in [3.63, 3.8) is 0 Å². The summed E-state index contributed by atoms with van der Waals surface area (Å²) >= 11 is 0. The minimum atomic E-state index is -0.247. The van der Waals surface area contributed by atoms with Gasteiger partial charge in [0.1, 0.15) is 0 Å². The molecule has 1 aromatic rings. The van der Waals surface area contributed by atoms with E-state index in [2.05, 4.69) is 31.2 Å². The first kappa shape index (κ1) is 15.0. The molecule has 0 spiro atoms. The topological polar surface area (TPSA) is 46.3 Å². The smallest absolute Gasteiger partial charge is 0.231 e. The van der Waals surface area contributed by atoms with Crippen molar-refractivity contribution in [3.8, 4) is 0 Å². The van der Waals surface area contributed by atoms with E-state index in [1.807, 2.05) is 11.9 Å². The lowest BCUT2D eigenvalue weighted by Crippen LogP contribution is -2.35. The lowest BCUT2D eigenvalue weighted by atomic mass is 9.76. The second-order valence-electron chi connectivity index (χ2n) is 6.31. The minimum absolute atomic E-state index is 0.247. The van der Waals surface area contributed by atoms with E-state index < -0.39 is 0 Å². The van der Waals surface area contributed by atoms with Crippen LogP contribution in [0.1, 0.15) is 43.2 Å². The Morgan fingerprint density at radius 1 is 1.25 bits per heavy atom. The van der Waals surface area contributed by atoms with E-state index in [-0.39, 0.29) is 5.91 Å². The number of carbonyl (C=O) groups excluding carboxylic acids is 1. The molecule has 1 aromatic carbocycles. The average molecular weight is 274 g/mol. The largest absolute Gasteiger partial charge is 0.369 e.